The Labute approximate surface area is 264 Å². The van der Waals surface area contributed by atoms with Crippen LogP contribution >= 0.6 is 0 Å². The molecular weight excluding hydrogens is 562 g/mol. The molecule has 0 saturated heterocycles. The van der Waals surface area contributed by atoms with Crippen LogP contribution in [0.3, 0.4) is 0 Å². The van der Waals surface area contributed by atoms with Gasteiger partial charge in [-0.1, -0.05) is 78.9 Å². The third-order valence-electron chi connectivity index (χ3n) is 8.89. The summed E-state index contributed by atoms with van der Waals surface area (Å²) in [6, 6.07) is 48.4. The van der Waals surface area contributed by atoms with Gasteiger partial charge < -0.3 is 9.13 Å². The van der Waals surface area contributed by atoms with Crippen molar-refractivity contribution in [2.75, 3.05) is 0 Å². The summed E-state index contributed by atoms with van der Waals surface area (Å²) in [6.07, 6.45) is 5.55. The summed E-state index contributed by atoms with van der Waals surface area (Å²) in [4.78, 5) is 9.43. The van der Waals surface area contributed by atoms with E-state index in [1.54, 1.807) is 0 Å². The molecule has 9 rings (SSSR count). The zero-order chi connectivity index (χ0) is 30.6. The van der Waals surface area contributed by atoms with E-state index in [0.29, 0.717) is 5.56 Å². The van der Waals surface area contributed by atoms with Gasteiger partial charge in [-0.15, -0.1) is 0 Å². The topological polar surface area (TPSA) is 59.4 Å². The molecule has 4 aromatic heterocycles. The molecule has 0 unspecified atom stereocenters. The van der Waals surface area contributed by atoms with Gasteiger partial charge in [-0.25, -0.2) is 0 Å². The molecule has 0 spiro atoms. The Morgan fingerprint density at radius 1 is 0.478 bits per heavy atom. The molecule has 0 atom stereocenters. The number of benzene rings is 5. The molecule has 0 fully saturated rings. The molecule has 0 aliphatic heterocycles. The number of aromatic nitrogens is 4. The molecule has 0 bridgehead atoms. The third-order valence-corrected chi connectivity index (χ3v) is 8.89. The second kappa shape index (κ2) is 10.3. The Morgan fingerprint density at radius 2 is 0.978 bits per heavy atom. The fourth-order valence-corrected chi connectivity index (χ4v) is 6.83. The molecular formula is C41H25N5. The summed E-state index contributed by atoms with van der Waals surface area (Å²) in [6.45, 7) is 0. The highest BCUT2D eigenvalue weighted by atomic mass is 15.0. The number of nitriles is 1. The largest absolute Gasteiger partial charge is 0.309 e. The fraction of sp³-hybridized carbons (Fsp3) is 0. The molecule has 4 heterocycles. The maximum Gasteiger partial charge on any atom is 0.0998 e. The first-order chi connectivity index (χ1) is 22.8. The summed E-state index contributed by atoms with van der Waals surface area (Å²) >= 11 is 0. The monoisotopic (exact) mass is 587 g/mol. The maximum absolute atomic E-state index is 10.3. The molecule has 5 nitrogen and oxygen atoms in total. The first-order valence-corrected chi connectivity index (χ1v) is 15.2. The van der Waals surface area contributed by atoms with E-state index in [4.69, 9.17) is 4.98 Å². The van der Waals surface area contributed by atoms with Crippen LogP contribution in [0.5, 0.6) is 0 Å². The highest BCUT2D eigenvalue weighted by Gasteiger charge is 2.15. The highest BCUT2D eigenvalue weighted by molar-refractivity contribution is 6.10. The molecule has 0 N–H and O–H groups in total. The summed E-state index contributed by atoms with van der Waals surface area (Å²) in [5, 5.41) is 15.1. The van der Waals surface area contributed by atoms with Crippen molar-refractivity contribution in [3.05, 3.63) is 158 Å². The van der Waals surface area contributed by atoms with Crippen molar-refractivity contribution < 1.29 is 0 Å². The van der Waals surface area contributed by atoms with E-state index in [1.165, 1.54) is 21.5 Å². The van der Waals surface area contributed by atoms with Crippen LogP contribution in [0.1, 0.15) is 5.56 Å². The van der Waals surface area contributed by atoms with E-state index < -0.39 is 0 Å². The van der Waals surface area contributed by atoms with Gasteiger partial charge >= 0.3 is 0 Å². The molecule has 0 aliphatic rings. The maximum atomic E-state index is 10.3. The predicted molar refractivity (Wildman–Crippen MR) is 186 cm³/mol. The van der Waals surface area contributed by atoms with Gasteiger partial charge in [-0.05, 0) is 54.6 Å². The van der Waals surface area contributed by atoms with E-state index in [0.717, 1.165) is 55.8 Å². The zero-order valence-corrected chi connectivity index (χ0v) is 24.7. The Kier molecular flexibility index (Phi) is 5.81. The smallest absolute Gasteiger partial charge is 0.0998 e. The minimum Gasteiger partial charge on any atom is -0.309 e. The molecule has 46 heavy (non-hydrogen) atoms. The number of para-hydroxylation sites is 4. The van der Waals surface area contributed by atoms with Crippen molar-refractivity contribution in [1.29, 1.82) is 5.26 Å². The van der Waals surface area contributed by atoms with Gasteiger partial charge in [0.15, 0.2) is 0 Å². The average molecular weight is 588 g/mol. The van der Waals surface area contributed by atoms with E-state index in [2.05, 4.69) is 135 Å². The van der Waals surface area contributed by atoms with Crippen LogP contribution in [-0.2, 0) is 0 Å². The number of nitrogens with zero attached hydrogens (tertiary/aromatic N) is 5. The lowest BCUT2D eigenvalue weighted by Gasteiger charge is -2.12. The molecule has 5 aromatic carbocycles. The lowest BCUT2D eigenvalue weighted by Crippen LogP contribution is -1.97. The first kappa shape index (κ1) is 25.9. The van der Waals surface area contributed by atoms with Crippen molar-refractivity contribution in [3.63, 3.8) is 0 Å². The number of rotatable bonds is 4. The molecule has 0 saturated carbocycles. The zero-order valence-electron chi connectivity index (χ0n) is 24.7. The van der Waals surface area contributed by atoms with Gasteiger partial charge in [0, 0.05) is 56.3 Å². The number of pyridine rings is 2. The van der Waals surface area contributed by atoms with Gasteiger partial charge in [-0.2, -0.15) is 5.26 Å². The molecule has 5 heteroatoms. The van der Waals surface area contributed by atoms with E-state index >= 15 is 0 Å². The summed E-state index contributed by atoms with van der Waals surface area (Å²) in [5.41, 5.74) is 10.5. The standard InChI is InChI=1S/C41H25N5/c42-23-27-22-30(45-38-13-5-1-9-33(38)34-10-2-6-14-39(34)45)17-19-32(27)28-21-29(25-43-24-28)37-20-18-31(26-44-37)46-40-15-7-3-11-35(40)36-12-4-8-16-41(36)46/h1-22,24-26H. The summed E-state index contributed by atoms with van der Waals surface area (Å²) in [5.74, 6) is 0. The fourth-order valence-electron chi connectivity index (χ4n) is 6.83. The second-order valence-corrected chi connectivity index (χ2v) is 11.4. The van der Waals surface area contributed by atoms with Crippen LogP contribution in [0.25, 0.3) is 77.4 Å². The van der Waals surface area contributed by atoms with Gasteiger partial charge in [0.25, 0.3) is 0 Å². The molecule has 0 radical (unpaired) electrons. The lowest BCUT2D eigenvalue weighted by molar-refractivity contribution is 1.14. The van der Waals surface area contributed by atoms with E-state index in [-0.39, 0.29) is 0 Å². The SMILES string of the molecule is N#Cc1cc(-n2c3ccccc3c3ccccc32)ccc1-c1cncc(-c2ccc(-n3c4ccccc4c4ccccc43)cn2)c1. The Morgan fingerprint density at radius 3 is 1.50 bits per heavy atom. The summed E-state index contributed by atoms with van der Waals surface area (Å²) < 4.78 is 4.49. The van der Waals surface area contributed by atoms with Gasteiger partial charge in [0.1, 0.15) is 0 Å². The first-order valence-electron chi connectivity index (χ1n) is 15.2. The van der Waals surface area contributed by atoms with Gasteiger partial charge in [-0.3, -0.25) is 9.97 Å². The van der Waals surface area contributed by atoms with Crippen LogP contribution in [0, 0.1) is 11.3 Å². The van der Waals surface area contributed by atoms with Crippen LogP contribution in [0.4, 0.5) is 0 Å². The van der Waals surface area contributed by atoms with E-state index in [1.807, 2.05) is 36.8 Å². The molecule has 214 valence electrons. The summed E-state index contributed by atoms with van der Waals surface area (Å²) in [7, 11) is 0. The predicted octanol–water partition coefficient (Wildman–Crippen LogP) is 9.88. The Bertz CT molecular complexity index is 2550. The number of fused-ring (bicyclic) bond motifs is 6. The van der Waals surface area contributed by atoms with Crippen molar-refractivity contribution in [3.8, 4) is 39.8 Å². The minimum atomic E-state index is 0.591. The normalized spacial score (nSPS) is 11.5. The number of hydrogen-bond donors (Lipinski definition) is 0. The lowest BCUT2D eigenvalue weighted by atomic mass is 9.99. The van der Waals surface area contributed by atoms with E-state index in [9.17, 15) is 5.26 Å². The number of hydrogen-bond acceptors (Lipinski definition) is 3. The van der Waals surface area contributed by atoms with Crippen molar-refractivity contribution in [2.24, 2.45) is 0 Å². The van der Waals surface area contributed by atoms with Crippen LogP contribution in [0.2, 0.25) is 0 Å². The van der Waals surface area contributed by atoms with Crippen molar-refractivity contribution >= 4 is 43.6 Å². The van der Waals surface area contributed by atoms with Crippen LogP contribution in [-0.4, -0.2) is 19.1 Å². The quantitative estimate of drug-likeness (QED) is 0.206. The highest BCUT2D eigenvalue weighted by Crippen LogP contribution is 2.35. The van der Waals surface area contributed by atoms with Crippen LogP contribution < -0.4 is 0 Å². The van der Waals surface area contributed by atoms with Crippen molar-refractivity contribution in [2.45, 2.75) is 0 Å². The van der Waals surface area contributed by atoms with Gasteiger partial charge in [0.2, 0.25) is 0 Å². The van der Waals surface area contributed by atoms with Crippen LogP contribution in [0.15, 0.2) is 152 Å². The average Bonchev–Trinajstić information content (AvgIpc) is 3.65. The minimum absolute atomic E-state index is 0.591. The third kappa shape index (κ3) is 3.94. The molecule has 9 aromatic rings. The molecule has 0 amide bonds. The Balaban J connectivity index is 1.10. The van der Waals surface area contributed by atoms with Gasteiger partial charge in [0.05, 0.1) is 51.3 Å². The second-order valence-electron chi connectivity index (χ2n) is 11.4. The van der Waals surface area contributed by atoms with Crippen molar-refractivity contribution in [1.82, 2.24) is 19.1 Å². The molecule has 0 aliphatic carbocycles. The Hall–Kier alpha value is -6.51.